The predicted octanol–water partition coefficient (Wildman–Crippen LogP) is 2.73. The van der Waals surface area contributed by atoms with E-state index in [1.807, 2.05) is 0 Å². The molecule has 0 saturated carbocycles. The maximum Gasteiger partial charge on any atom is 0.338 e. The molecule has 0 aromatic heterocycles. The zero-order valence-electron chi connectivity index (χ0n) is 12.7. The average Bonchev–Trinajstić information content (AvgIpc) is 2.55. The van der Waals surface area contributed by atoms with Crippen molar-refractivity contribution in [1.82, 2.24) is 0 Å². The van der Waals surface area contributed by atoms with Crippen molar-refractivity contribution in [1.29, 1.82) is 0 Å². The predicted molar refractivity (Wildman–Crippen MR) is 85.1 cm³/mol. The van der Waals surface area contributed by atoms with Crippen molar-refractivity contribution in [2.75, 3.05) is 11.9 Å². The minimum Gasteiger partial charge on any atom is -0.507 e. The second kappa shape index (κ2) is 7.23. The number of esters is 1. The number of nitro benzene ring substituents is 1. The van der Waals surface area contributed by atoms with E-state index in [-0.39, 0.29) is 34.9 Å². The number of carbonyl (C=O) groups excluding carboxylic acids is 2. The van der Waals surface area contributed by atoms with Crippen molar-refractivity contribution in [2.24, 2.45) is 0 Å². The average molecular weight is 330 g/mol. The number of non-ortho nitro benzene ring substituents is 1. The number of nitro groups is 1. The third-order valence-electron chi connectivity index (χ3n) is 3.07. The summed E-state index contributed by atoms with van der Waals surface area (Å²) in [5.74, 6) is -1.66. The number of phenolic OH excluding ortho intramolecular Hbond substituents is 1. The van der Waals surface area contributed by atoms with Crippen molar-refractivity contribution in [3.63, 3.8) is 0 Å². The molecule has 0 fully saturated rings. The molecule has 2 aromatic rings. The molecular weight excluding hydrogens is 316 g/mol. The van der Waals surface area contributed by atoms with Gasteiger partial charge in [0.25, 0.3) is 11.6 Å². The van der Waals surface area contributed by atoms with Gasteiger partial charge in [-0.1, -0.05) is 6.07 Å². The van der Waals surface area contributed by atoms with Crippen LogP contribution in [0.4, 0.5) is 11.4 Å². The molecule has 0 aliphatic rings. The van der Waals surface area contributed by atoms with Crippen LogP contribution in [0.2, 0.25) is 0 Å². The van der Waals surface area contributed by atoms with Crippen LogP contribution in [-0.2, 0) is 4.74 Å². The quantitative estimate of drug-likeness (QED) is 0.494. The van der Waals surface area contributed by atoms with Crippen LogP contribution in [0.25, 0.3) is 0 Å². The Bertz CT molecular complexity index is 803. The van der Waals surface area contributed by atoms with E-state index in [0.29, 0.717) is 0 Å². The van der Waals surface area contributed by atoms with Gasteiger partial charge >= 0.3 is 5.97 Å². The van der Waals surface area contributed by atoms with Gasteiger partial charge in [-0.25, -0.2) is 4.79 Å². The number of aromatic hydroxyl groups is 1. The molecular formula is C16H14N2O6. The van der Waals surface area contributed by atoms with E-state index in [2.05, 4.69) is 5.32 Å². The van der Waals surface area contributed by atoms with Gasteiger partial charge in [0.15, 0.2) is 0 Å². The molecule has 8 nitrogen and oxygen atoms in total. The second-order valence-corrected chi connectivity index (χ2v) is 4.71. The first-order valence-electron chi connectivity index (χ1n) is 6.98. The summed E-state index contributed by atoms with van der Waals surface area (Å²) >= 11 is 0. The van der Waals surface area contributed by atoms with Crippen LogP contribution in [0.15, 0.2) is 42.5 Å². The van der Waals surface area contributed by atoms with E-state index in [4.69, 9.17) is 4.74 Å². The van der Waals surface area contributed by atoms with Crippen LogP contribution in [0.5, 0.6) is 5.75 Å². The zero-order valence-corrected chi connectivity index (χ0v) is 12.7. The summed E-state index contributed by atoms with van der Waals surface area (Å²) in [7, 11) is 0. The van der Waals surface area contributed by atoms with Crippen molar-refractivity contribution in [3.8, 4) is 5.75 Å². The molecule has 2 aromatic carbocycles. The van der Waals surface area contributed by atoms with Gasteiger partial charge in [0.05, 0.1) is 22.7 Å². The number of hydrogen-bond acceptors (Lipinski definition) is 6. The molecule has 24 heavy (non-hydrogen) atoms. The van der Waals surface area contributed by atoms with E-state index in [1.54, 1.807) is 13.0 Å². The van der Waals surface area contributed by atoms with Crippen LogP contribution in [0.3, 0.4) is 0 Å². The van der Waals surface area contributed by atoms with E-state index in [0.717, 1.165) is 18.2 Å². The van der Waals surface area contributed by atoms with Crippen molar-refractivity contribution < 1.29 is 24.4 Å². The summed E-state index contributed by atoms with van der Waals surface area (Å²) in [6.07, 6.45) is 0. The number of phenols is 1. The van der Waals surface area contributed by atoms with Gasteiger partial charge < -0.3 is 15.2 Å². The van der Waals surface area contributed by atoms with Crippen LogP contribution in [0.1, 0.15) is 27.6 Å². The molecule has 2 rings (SSSR count). The highest BCUT2D eigenvalue weighted by Gasteiger charge is 2.17. The lowest BCUT2D eigenvalue weighted by molar-refractivity contribution is -0.384. The SMILES string of the molecule is CCOC(=O)c1cccc(NC(=O)c2cc([N+](=O)[O-])ccc2O)c1. The first-order chi connectivity index (χ1) is 11.4. The largest absolute Gasteiger partial charge is 0.507 e. The minimum absolute atomic E-state index is 0.219. The molecule has 124 valence electrons. The van der Waals surface area contributed by atoms with E-state index in [9.17, 15) is 24.8 Å². The number of carbonyl (C=O) groups is 2. The van der Waals surface area contributed by atoms with Crippen molar-refractivity contribution in [3.05, 3.63) is 63.7 Å². The fourth-order valence-electron chi connectivity index (χ4n) is 1.96. The second-order valence-electron chi connectivity index (χ2n) is 4.71. The number of nitrogens with zero attached hydrogens (tertiary/aromatic N) is 1. The van der Waals surface area contributed by atoms with E-state index in [1.165, 1.54) is 18.2 Å². The maximum absolute atomic E-state index is 12.2. The molecule has 0 saturated heterocycles. The van der Waals surface area contributed by atoms with Gasteiger partial charge in [-0.3, -0.25) is 14.9 Å². The monoisotopic (exact) mass is 330 g/mol. The molecule has 0 radical (unpaired) electrons. The first kappa shape index (κ1) is 16.9. The molecule has 0 aliphatic carbocycles. The van der Waals surface area contributed by atoms with Gasteiger partial charge in [-0.05, 0) is 31.2 Å². The van der Waals surface area contributed by atoms with Gasteiger partial charge in [0.1, 0.15) is 5.75 Å². The summed E-state index contributed by atoms with van der Waals surface area (Å²) in [4.78, 5) is 34.0. The standard InChI is InChI=1S/C16H14N2O6/c1-2-24-16(21)10-4-3-5-11(8-10)17-15(20)13-9-12(18(22)23)6-7-14(13)19/h3-9,19H,2H2,1H3,(H,17,20). The Labute approximate surface area is 136 Å². The highest BCUT2D eigenvalue weighted by Crippen LogP contribution is 2.24. The lowest BCUT2D eigenvalue weighted by atomic mass is 10.1. The normalized spacial score (nSPS) is 10.0. The lowest BCUT2D eigenvalue weighted by Gasteiger charge is -2.08. The Morgan fingerprint density at radius 1 is 1.25 bits per heavy atom. The smallest absolute Gasteiger partial charge is 0.338 e. The maximum atomic E-state index is 12.2. The third kappa shape index (κ3) is 3.86. The van der Waals surface area contributed by atoms with Gasteiger partial charge in [0, 0.05) is 17.8 Å². The topological polar surface area (TPSA) is 119 Å². The van der Waals surface area contributed by atoms with Crippen LogP contribution < -0.4 is 5.32 Å². The Morgan fingerprint density at radius 2 is 2.00 bits per heavy atom. The van der Waals surface area contributed by atoms with Gasteiger partial charge in [0.2, 0.25) is 0 Å². The number of ether oxygens (including phenoxy) is 1. The van der Waals surface area contributed by atoms with Crippen LogP contribution in [-0.4, -0.2) is 28.5 Å². The number of hydrogen-bond donors (Lipinski definition) is 2. The number of benzene rings is 2. The molecule has 0 bridgehead atoms. The Hall–Kier alpha value is -3.42. The van der Waals surface area contributed by atoms with Crippen LogP contribution in [0, 0.1) is 10.1 Å². The summed E-state index contributed by atoms with van der Waals surface area (Å²) in [5, 5.41) is 23.0. The molecule has 0 atom stereocenters. The Balaban J connectivity index is 2.24. The zero-order chi connectivity index (χ0) is 17.7. The molecule has 0 aliphatic heterocycles. The number of rotatable bonds is 5. The number of anilines is 1. The number of nitrogens with one attached hydrogen (secondary N) is 1. The summed E-state index contributed by atoms with van der Waals surface area (Å²) in [6.45, 7) is 1.89. The number of amides is 1. The fourth-order valence-corrected chi connectivity index (χ4v) is 1.96. The summed E-state index contributed by atoms with van der Waals surface area (Å²) in [5.41, 5.74) is -0.0293. The molecule has 8 heteroatoms. The molecule has 2 N–H and O–H groups in total. The fraction of sp³-hybridized carbons (Fsp3) is 0.125. The van der Waals surface area contributed by atoms with Crippen molar-refractivity contribution >= 4 is 23.3 Å². The summed E-state index contributed by atoms with van der Waals surface area (Å²) in [6, 6.07) is 9.16. The molecule has 0 heterocycles. The highest BCUT2D eigenvalue weighted by atomic mass is 16.6. The molecule has 0 unspecified atom stereocenters. The Kier molecular flexibility index (Phi) is 5.10. The van der Waals surface area contributed by atoms with Crippen molar-refractivity contribution in [2.45, 2.75) is 6.92 Å². The van der Waals surface area contributed by atoms with Gasteiger partial charge in [-0.15, -0.1) is 0 Å². The first-order valence-corrected chi connectivity index (χ1v) is 6.98. The van der Waals surface area contributed by atoms with Crippen LogP contribution >= 0.6 is 0 Å². The van der Waals surface area contributed by atoms with E-state index >= 15 is 0 Å². The molecule has 1 amide bonds. The minimum atomic E-state index is -0.739. The lowest BCUT2D eigenvalue weighted by Crippen LogP contribution is -2.13. The highest BCUT2D eigenvalue weighted by molar-refractivity contribution is 6.07. The molecule has 0 spiro atoms. The Morgan fingerprint density at radius 3 is 2.67 bits per heavy atom. The van der Waals surface area contributed by atoms with Gasteiger partial charge in [-0.2, -0.15) is 0 Å². The summed E-state index contributed by atoms with van der Waals surface area (Å²) < 4.78 is 4.87. The third-order valence-corrected chi connectivity index (χ3v) is 3.07. The van der Waals surface area contributed by atoms with E-state index < -0.39 is 16.8 Å².